The Labute approximate surface area is 67.0 Å². The number of aliphatic hydroxyl groups excluding tert-OH is 1. The van der Waals surface area contributed by atoms with E-state index in [-0.39, 0.29) is 0 Å². The van der Waals surface area contributed by atoms with Gasteiger partial charge in [-0.2, -0.15) is 0 Å². The van der Waals surface area contributed by atoms with Crippen LogP contribution in [0, 0.1) is 0 Å². The maximum atomic E-state index is 7.88. The van der Waals surface area contributed by atoms with Crippen molar-refractivity contribution in [3.05, 3.63) is 0 Å². The van der Waals surface area contributed by atoms with Gasteiger partial charge in [0.1, 0.15) is 0 Å². The zero-order valence-corrected chi connectivity index (χ0v) is 8.24. The Bertz CT molecular complexity index is 31.0. The van der Waals surface area contributed by atoms with Crippen LogP contribution in [0.25, 0.3) is 0 Å². The molecule has 0 aromatic heterocycles. The van der Waals surface area contributed by atoms with Gasteiger partial charge in [0.05, 0.1) is 0 Å². The summed E-state index contributed by atoms with van der Waals surface area (Å²) in [5.41, 5.74) is 0. The zero-order valence-electron chi connectivity index (χ0n) is 4.33. The minimum absolute atomic E-state index is 0.319. The molecule has 5 heteroatoms. The van der Waals surface area contributed by atoms with E-state index in [1.54, 1.807) is 0 Å². The molecule has 1 N–H and O–H groups in total. The summed E-state index contributed by atoms with van der Waals surface area (Å²) < 4.78 is 0. The van der Waals surface area contributed by atoms with E-state index in [1.165, 1.54) is 0 Å². The van der Waals surface area contributed by atoms with Crippen molar-refractivity contribution in [1.82, 2.24) is 0 Å². The van der Waals surface area contributed by atoms with Crippen LogP contribution in [-0.4, -0.2) is 11.7 Å². The van der Waals surface area contributed by atoms with E-state index in [4.69, 9.17) is 34.2 Å². The third-order valence-electron chi connectivity index (χ3n) is 0.224. The van der Waals surface area contributed by atoms with Crippen molar-refractivity contribution >= 4 is 29.1 Å². The van der Waals surface area contributed by atoms with Gasteiger partial charge in [-0.25, -0.2) is 0 Å². The molecule has 8 heavy (non-hydrogen) atoms. The van der Waals surface area contributed by atoms with E-state index in [0.717, 1.165) is 6.42 Å². The zero-order chi connectivity index (χ0) is 6.99. The van der Waals surface area contributed by atoms with Crippen LogP contribution >= 0.6 is 29.1 Å². The second-order valence-corrected chi connectivity index (χ2v) is 8.33. The SMILES string of the molecule is CCCO.[Cl][Rh]([Cl])[Cl]. The first-order valence-electron chi connectivity index (χ1n) is 1.90. The van der Waals surface area contributed by atoms with Gasteiger partial charge >= 0.3 is 42.1 Å². The van der Waals surface area contributed by atoms with Gasteiger partial charge in [-0.15, -0.1) is 0 Å². The summed E-state index contributed by atoms with van der Waals surface area (Å²) in [5.74, 6) is 0. The van der Waals surface area contributed by atoms with Gasteiger partial charge in [-0.05, 0) is 6.42 Å². The second-order valence-electron chi connectivity index (χ2n) is 0.866. The van der Waals surface area contributed by atoms with E-state index in [2.05, 4.69) is 0 Å². The molecule has 0 aromatic rings. The number of aliphatic hydroxyl groups is 1. The van der Waals surface area contributed by atoms with Crippen molar-refractivity contribution < 1.29 is 18.1 Å². The molecule has 0 unspecified atom stereocenters. The fraction of sp³-hybridized carbons (Fsp3) is 1.00. The predicted molar refractivity (Wildman–Crippen MR) is 34.9 cm³/mol. The Morgan fingerprint density at radius 3 is 1.50 bits per heavy atom. The molecule has 1 nitrogen and oxygen atoms in total. The molecule has 0 aliphatic rings. The molecular weight excluding hydrogens is 261 g/mol. The van der Waals surface area contributed by atoms with Crippen molar-refractivity contribution in [2.24, 2.45) is 0 Å². The summed E-state index contributed by atoms with van der Waals surface area (Å²) in [6.45, 7) is 2.25. The summed E-state index contributed by atoms with van der Waals surface area (Å²) in [6.07, 6.45) is 0.875. The first-order valence-corrected chi connectivity index (χ1v) is 8.23. The van der Waals surface area contributed by atoms with Crippen LogP contribution in [0.4, 0.5) is 0 Å². The number of hydrogen-bond acceptors (Lipinski definition) is 1. The molecule has 56 valence electrons. The van der Waals surface area contributed by atoms with Gasteiger partial charge in [0.25, 0.3) is 0 Å². The van der Waals surface area contributed by atoms with Crippen molar-refractivity contribution in [1.29, 1.82) is 0 Å². The Hall–Kier alpha value is 1.45. The molecule has 0 atom stereocenters. The Kier molecular flexibility index (Phi) is 17.1. The molecule has 0 fully saturated rings. The molecular formula is C3H8Cl3ORh. The Morgan fingerprint density at radius 1 is 1.38 bits per heavy atom. The molecule has 0 radical (unpaired) electrons. The molecule has 0 aromatic carbocycles. The number of rotatable bonds is 1. The maximum absolute atomic E-state index is 7.88. The number of hydrogen-bond donors (Lipinski definition) is 1. The normalized spacial score (nSPS) is 9.38. The molecule has 0 saturated carbocycles. The molecule has 0 saturated heterocycles. The average Bonchev–Trinajstić information content (AvgIpc) is 1.65. The fourth-order valence-corrected chi connectivity index (χ4v) is 0. The monoisotopic (exact) mass is 268 g/mol. The standard InChI is InChI=1S/C3H8O.3ClH.Rh/c1-2-3-4;;;;/h4H,2-3H2,1H3;3*1H;/q;;;;+3/p-3. The van der Waals surface area contributed by atoms with Crippen molar-refractivity contribution in [2.75, 3.05) is 6.61 Å². The van der Waals surface area contributed by atoms with Gasteiger partial charge in [0.2, 0.25) is 0 Å². The van der Waals surface area contributed by atoms with Crippen LogP contribution in [0.5, 0.6) is 0 Å². The molecule has 0 rings (SSSR count). The van der Waals surface area contributed by atoms with E-state index in [1.807, 2.05) is 6.92 Å². The van der Waals surface area contributed by atoms with Gasteiger partial charge in [-0.3, -0.25) is 0 Å². The summed E-state index contributed by atoms with van der Waals surface area (Å²) >= 11 is -1.66. The van der Waals surface area contributed by atoms with Crippen LogP contribution in [0.3, 0.4) is 0 Å². The third-order valence-corrected chi connectivity index (χ3v) is 0.224. The van der Waals surface area contributed by atoms with E-state index in [0.29, 0.717) is 6.61 Å². The van der Waals surface area contributed by atoms with Crippen LogP contribution in [0.15, 0.2) is 0 Å². The van der Waals surface area contributed by atoms with Crippen molar-refractivity contribution in [3.8, 4) is 0 Å². The summed E-state index contributed by atoms with van der Waals surface area (Å²) in [6, 6.07) is 0. The van der Waals surface area contributed by atoms with Gasteiger partial charge < -0.3 is 5.11 Å². The van der Waals surface area contributed by atoms with E-state index in [9.17, 15) is 0 Å². The van der Waals surface area contributed by atoms with Gasteiger partial charge in [0.15, 0.2) is 0 Å². The molecule has 0 spiro atoms. The van der Waals surface area contributed by atoms with E-state index < -0.39 is 13.0 Å². The van der Waals surface area contributed by atoms with E-state index >= 15 is 0 Å². The van der Waals surface area contributed by atoms with Crippen molar-refractivity contribution in [2.45, 2.75) is 13.3 Å². The summed E-state index contributed by atoms with van der Waals surface area (Å²) in [4.78, 5) is 0. The molecule has 0 aliphatic carbocycles. The topological polar surface area (TPSA) is 20.2 Å². The molecule has 0 heterocycles. The van der Waals surface area contributed by atoms with Gasteiger partial charge in [0, 0.05) is 6.61 Å². The van der Waals surface area contributed by atoms with Crippen molar-refractivity contribution in [3.63, 3.8) is 0 Å². The third kappa shape index (κ3) is 51.6. The second kappa shape index (κ2) is 11.3. The van der Waals surface area contributed by atoms with Crippen LogP contribution in [0.2, 0.25) is 0 Å². The Balaban J connectivity index is 0. The summed E-state index contributed by atoms with van der Waals surface area (Å²) in [5, 5.41) is 7.88. The first kappa shape index (κ1) is 12.2. The molecule has 0 aliphatic heterocycles. The molecule has 0 amide bonds. The first-order chi connectivity index (χ1) is 3.65. The Morgan fingerprint density at radius 2 is 1.50 bits per heavy atom. The summed E-state index contributed by atoms with van der Waals surface area (Å²) in [7, 11) is 14.8. The fourth-order valence-electron chi connectivity index (χ4n) is 0. The van der Waals surface area contributed by atoms with Crippen LogP contribution in [0.1, 0.15) is 13.3 Å². The van der Waals surface area contributed by atoms with Crippen LogP contribution < -0.4 is 0 Å². The predicted octanol–water partition coefficient (Wildman–Crippen LogP) is 2.45. The average molecular weight is 269 g/mol. The minimum atomic E-state index is -1.66. The van der Waals surface area contributed by atoms with Gasteiger partial charge in [-0.1, -0.05) is 6.92 Å². The van der Waals surface area contributed by atoms with Crippen LogP contribution in [-0.2, 0) is 13.0 Å². The quantitative estimate of drug-likeness (QED) is 0.725. The molecule has 0 bridgehead atoms. The number of halogens is 3.